The Morgan fingerprint density at radius 3 is 2.62 bits per heavy atom. The largest absolute Gasteiger partial charge is 0.433 e. The first-order valence-corrected chi connectivity index (χ1v) is 6.29. The lowest BCUT2D eigenvalue weighted by Crippen LogP contribution is -2.37. The molecule has 6 nitrogen and oxygen atoms in total. The molecule has 1 aliphatic rings. The fourth-order valence-corrected chi connectivity index (χ4v) is 2.37. The molecule has 0 aliphatic heterocycles. The summed E-state index contributed by atoms with van der Waals surface area (Å²) >= 11 is 0. The Balaban J connectivity index is 2.27. The summed E-state index contributed by atoms with van der Waals surface area (Å²) in [5, 5.41) is 20.1. The van der Waals surface area contributed by atoms with Gasteiger partial charge in [0.25, 0.3) is 0 Å². The van der Waals surface area contributed by atoms with E-state index in [-0.39, 0.29) is 17.7 Å². The monoisotopic (exact) mass is 305 g/mol. The Hall–Kier alpha value is -1.90. The van der Waals surface area contributed by atoms with Gasteiger partial charge in [0.2, 0.25) is 0 Å². The van der Waals surface area contributed by atoms with E-state index in [0.717, 1.165) is 0 Å². The number of aliphatic hydroxyl groups excluding tert-OH is 1. The van der Waals surface area contributed by atoms with E-state index < -0.39 is 22.5 Å². The van der Waals surface area contributed by atoms with Gasteiger partial charge in [-0.3, -0.25) is 10.1 Å². The first-order valence-electron chi connectivity index (χ1n) is 6.29. The zero-order valence-corrected chi connectivity index (χ0v) is 11.2. The van der Waals surface area contributed by atoms with Gasteiger partial charge in [-0.05, 0) is 24.8 Å². The lowest BCUT2D eigenvalue weighted by Gasteiger charge is -2.35. The van der Waals surface area contributed by atoms with Crippen molar-refractivity contribution in [2.45, 2.75) is 25.1 Å². The van der Waals surface area contributed by atoms with Crippen LogP contribution in [-0.2, 0) is 6.18 Å². The van der Waals surface area contributed by atoms with Gasteiger partial charge in [-0.1, -0.05) is 0 Å². The van der Waals surface area contributed by atoms with Crippen molar-refractivity contribution in [2.75, 3.05) is 18.5 Å². The van der Waals surface area contributed by atoms with Crippen LogP contribution in [0.25, 0.3) is 0 Å². The van der Waals surface area contributed by atoms with Crippen molar-refractivity contribution >= 4 is 11.4 Å². The minimum atomic E-state index is -4.66. The quantitative estimate of drug-likeness (QED) is 0.681. The molecule has 0 unspecified atom stereocenters. The summed E-state index contributed by atoms with van der Waals surface area (Å²) in [4.78, 5) is 14.7. The molecule has 0 atom stereocenters. The first kappa shape index (κ1) is 15.5. The molecule has 0 amide bonds. The molecule has 21 heavy (non-hydrogen) atoms. The number of halogens is 3. The molecule has 1 saturated carbocycles. The van der Waals surface area contributed by atoms with Gasteiger partial charge in [-0.15, -0.1) is 0 Å². The van der Waals surface area contributed by atoms with E-state index in [4.69, 9.17) is 0 Å². The summed E-state index contributed by atoms with van der Waals surface area (Å²) in [7, 11) is 1.49. The number of aliphatic hydroxyl groups is 1. The highest BCUT2D eigenvalue weighted by Crippen LogP contribution is 2.36. The molecular weight excluding hydrogens is 291 g/mol. The minimum absolute atomic E-state index is 0.118. The number of hydrogen-bond donors (Lipinski definition) is 1. The van der Waals surface area contributed by atoms with Crippen LogP contribution < -0.4 is 4.90 Å². The second-order valence-corrected chi connectivity index (χ2v) is 5.18. The van der Waals surface area contributed by atoms with E-state index in [1.165, 1.54) is 11.9 Å². The van der Waals surface area contributed by atoms with Crippen molar-refractivity contribution in [1.82, 2.24) is 4.98 Å². The van der Waals surface area contributed by atoms with Crippen molar-refractivity contribution in [2.24, 2.45) is 5.92 Å². The molecule has 0 radical (unpaired) electrons. The van der Waals surface area contributed by atoms with Gasteiger partial charge in [0.05, 0.1) is 11.0 Å². The van der Waals surface area contributed by atoms with E-state index in [1.54, 1.807) is 0 Å². The number of rotatable bonds is 4. The Morgan fingerprint density at radius 2 is 2.14 bits per heavy atom. The molecule has 1 aromatic rings. The van der Waals surface area contributed by atoms with Gasteiger partial charge in [0.15, 0.2) is 0 Å². The summed E-state index contributed by atoms with van der Waals surface area (Å²) in [5.41, 5.74) is -1.75. The predicted octanol–water partition coefficient (Wildman–Crippen LogP) is 2.22. The maximum Gasteiger partial charge on any atom is 0.433 e. The van der Waals surface area contributed by atoms with Crippen molar-refractivity contribution in [1.29, 1.82) is 0 Å². The third-order valence-electron chi connectivity index (χ3n) is 3.50. The number of aromatic nitrogens is 1. The number of anilines is 1. The zero-order chi connectivity index (χ0) is 15.8. The van der Waals surface area contributed by atoms with E-state index in [2.05, 4.69) is 4.98 Å². The topological polar surface area (TPSA) is 79.5 Å². The number of nitro groups is 1. The van der Waals surface area contributed by atoms with E-state index in [9.17, 15) is 28.4 Å². The highest BCUT2D eigenvalue weighted by atomic mass is 19.4. The van der Waals surface area contributed by atoms with Crippen LogP contribution in [0.15, 0.2) is 12.3 Å². The third-order valence-corrected chi connectivity index (χ3v) is 3.50. The molecule has 1 aliphatic carbocycles. The van der Waals surface area contributed by atoms with E-state index in [0.29, 0.717) is 31.6 Å². The summed E-state index contributed by atoms with van der Waals surface area (Å²) in [6.07, 6.45) is -3.31. The normalized spacial score (nSPS) is 21.8. The Bertz CT molecular complexity index is 544. The fraction of sp³-hybridized carbons (Fsp3) is 0.583. The lowest BCUT2D eigenvalue weighted by atomic mass is 9.82. The lowest BCUT2D eigenvalue weighted by molar-refractivity contribution is -0.384. The number of nitrogens with zero attached hydrogens (tertiary/aromatic N) is 3. The van der Waals surface area contributed by atoms with Crippen LogP contribution in [0, 0.1) is 16.0 Å². The van der Waals surface area contributed by atoms with Crippen molar-refractivity contribution in [3.63, 3.8) is 0 Å². The molecule has 1 N–H and O–H groups in total. The second kappa shape index (κ2) is 5.47. The molecule has 116 valence electrons. The summed E-state index contributed by atoms with van der Waals surface area (Å²) in [6, 6.07) is 0.688. The molecule has 2 rings (SSSR count). The maximum atomic E-state index is 12.7. The number of pyridine rings is 1. The van der Waals surface area contributed by atoms with Crippen LogP contribution in [0.5, 0.6) is 0 Å². The summed E-state index contributed by atoms with van der Waals surface area (Å²) < 4.78 is 38.0. The SMILES string of the molecule is CN(CC1CC(O)C1)c1cc(C(F)(F)F)ncc1[N+](=O)[O-]. The van der Waals surface area contributed by atoms with Crippen LogP contribution >= 0.6 is 0 Å². The predicted molar refractivity (Wildman–Crippen MR) is 67.9 cm³/mol. The van der Waals surface area contributed by atoms with Crippen LogP contribution in [0.2, 0.25) is 0 Å². The highest BCUT2D eigenvalue weighted by molar-refractivity contribution is 5.62. The fourth-order valence-electron chi connectivity index (χ4n) is 2.37. The molecule has 9 heteroatoms. The van der Waals surface area contributed by atoms with Gasteiger partial charge in [-0.2, -0.15) is 13.2 Å². The van der Waals surface area contributed by atoms with Crippen molar-refractivity contribution in [3.8, 4) is 0 Å². The van der Waals surface area contributed by atoms with Crippen LogP contribution in [0.3, 0.4) is 0 Å². The van der Waals surface area contributed by atoms with Gasteiger partial charge in [0, 0.05) is 13.6 Å². The molecule has 0 spiro atoms. The standard InChI is InChI=1S/C12H14F3N3O3/c1-17(6-7-2-8(19)3-7)9-4-11(12(13,14)15)16-5-10(9)18(20)21/h4-5,7-8,19H,2-3,6H2,1H3. The highest BCUT2D eigenvalue weighted by Gasteiger charge is 2.35. The minimum Gasteiger partial charge on any atom is -0.393 e. The Kier molecular flexibility index (Phi) is 4.04. The second-order valence-electron chi connectivity index (χ2n) is 5.18. The zero-order valence-electron chi connectivity index (χ0n) is 11.2. The average Bonchev–Trinajstić information content (AvgIpc) is 2.34. The molecule has 0 bridgehead atoms. The van der Waals surface area contributed by atoms with Crippen molar-refractivity contribution in [3.05, 3.63) is 28.1 Å². The van der Waals surface area contributed by atoms with Gasteiger partial charge in [-0.25, -0.2) is 4.98 Å². The maximum absolute atomic E-state index is 12.7. The summed E-state index contributed by atoms with van der Waals surface area (Å²) in [5.74, 6) is 0.118. The van der Waals surface area contributed by atoms with E-state index in [1.807, 2.05) is 0 Å². The van der Waals surface area contributed by atoms with Crippen LogP contribution in [0.1, 0.15) is 18.5 Å². The van der Waals surface area contributed by atoms with Gasteiger partial charge in [0.1, 0.15) is 17.6 Å². The average molecular weight is 305 g/mol. The summed E-state index contributed by atoms with van der Waals surface area (Å²) in [6.45, 7) is 0.346. The van der Waals surface area contributed by atoms with Gasteiger partial charge >= 0.3 is 11.9 Å². The smallest absolute Gasteiger partial charge is 0.393 e. The van der Waals surface area contributed by atoms with Crippen molar-refractivity contribution < 1.29 is 23.2 Å². The number of hydrogen-bond acceptors (Lipinski definition) is 5. The Morgan fingerprint density at radius 1 is 1.52 bits per heavy atom. The first-order chi connectivity index (χ1) is 9.68. The van der Waals surface area contributed by atoms with Crippen LogP contribution in [-0.4, -0.2) is 34.7 Å². The Labute approximate surface area is 118 Å². The van der Waals surface area contributed by atoms with Gasteiger partial charge < -0.3 is 10.0 Å². The molecule has 0 aromatic carbocycles. The number of alkyl halides is 3. The molecule has 1 heterocycles. The van der Waals surface area contributed by atoms with E-state index >= 15 is 0 Å². The molecule has 0 saturated heterocycles. The third kappa shape index (κ3) is 3.41. The van der Waals surface area contributed by atoms with Crippen LogP contribution in [0.4, 0.5) is 24.5 Å². The molecular formula is C12H14F3N3O3. The molecule has 1 aromatic heterocycles. The molecule has 1 fully saturated rings.